The van der Waals surface area contributed by atoms with Crippen LogP contribution in [0.25, 0.3) is 0 Å². The van der Waals surface area contributed by atoms with E-state index in [-0.39, 0.29) is 34.2 Å². The number of esters is 3. The van der Waals surface area contributed by atoms with Crippen molar-refractivity contribution >= 4 is 40.6 Å². The van der Waals surface area contributed by atoms with Gasteiger partial charge in [-0.3, -0.25) is 4.79 Å². The van der Waals surface area contributed by atoms with E-state index in [0.29, 0.717) is 18.8 Å². The Bertz CT molecular complexity index is 1100. The quantitative estimate of drug-likeness (QED) is 0.218. The van der Waals surface area contributed by atoms with E-state index < -0.39 is 35.8 Å². The van der Waals surface area contributed by atoms with Crippen molar-refractivity contribution in [3.63, 3.8) is 0 Å². The van der Waals surface area contributed by atoms with Crippen molar-refractivity contribution in [1.82, 2.24) is 5.32 Å². The molecule has 1 N–H and O–H groups in total. The molecule has 38 heavy (non-hydrogen) atoms. The Morgan fingerprint density at radius 2 is 1.58 bits per heavy atom. The second-order valence-corrected chi connectivity index (χ2v) is 8.37. The van der Waals surface area contributed by atoms with Gasteiger partial charge in [0.2, 0.25) is 0 Å². The number of aliphatic imine (C=N–C) groups is 1. The van der Waals surface area contributed by atoms with Crippen LogP contribution in [-0.2, 0) is 38.0 Å². The molecule has 0 aromatic heterocycles. The molecule has 2 rings (SSSR count). The van der Waals surface area contributed by atoms with E-state index in [1.165, 1.54) is 32.4 Å². The first-order chi connectivity index (χ1) is 18.2. The molecule has 1 atom stereocenters. The molecule has 0 aliphatic carbocycles. The van der Waals surface area contributed by atoms with Crippen molar-refractivity contribution in [2.45, 2.75) is 32.8 Å². The normalized spacial score (nSPS) is 14.9. The summed E-state index contributed by atoms with van der Waals surface area (Å²) in [5.41, 5.74) is -2.15. The molecule has 1 aliphatic heterocycles. The maximum absolute atomic E-state index is 13.4. The lowest BCUT2D eigenvalue weighted by Crippen LogP contribution is -2.61. The number of nitrogens with zero attached hydrogens (tertiary/aromatic N) is 1. The van der Waals surface area contributed by atoms with Crippen LogP contribution in [0.5, 0.6) is 0 Å². The first-order valence-corrected chi connectivity index (χ1v) is 12.7. The van der Waals surface area contributed by atoms with Gasteiger partial charge in [-0.15, -0.1) is 11.8 Å². The van der Waals surface area contributed by atoms with Crippen LogP contribution in [0.1, 0.15) is 41.5 Å². The van der Waals surface area contributed by atoms with Crippen LogP contribution in [0, 0.1) is 0 Å². The van der Waals surface area contributed by atoms with Gasteiger partial charge in [-0.05, 0) is 32.9 Å². The van der Waals surface area contributed by atoms with E-state index >= 15 is 0 Å². The third-order valence-electron chi connectivity index (χ3n) is 5.22. The Morgan fingerprint density at radius 1 is 0.947 bits per heavy atom. The maximum Gasteiger partial charge on any atom is 0.366 e. The molecule has 0 radical (unpaired) electrons. The van der Waals surface area contributed by atoms with E-state index in [1.807, 2.05) is 0 Å². The number of carbonyl (C=O) groups is 4. The number of hydrogen-bond donors (Lipinski definition) is 1. The topological polar surface area (TPSA) is 148 Å². The number of methoxy groups -OCH3 is 3. The zero-order valence-corrected chi connectivity index (χ0v) is 23.0. The molecule has 1 unspecified atom stereocenters. The Hall–Kier alpha value is -3.26. The summed E-state index contributed by atoms with van der Waals surface area (Å²) in [5.74, 6) is -3.31. The largest absolute Gasteiger partial charge is 0.465 e. The fourth-order valence-electron chi connectivity index (χ4n) is 3.46. The molecule has 0 bridgehead atoms. The summed E-state index contributed by atoms with van der Waals surface area (Å²) in [7, 11) is 3.45. The van der Waals surface area contributed by atoms with Gasteiger partial charge in [-0.25, -0.2) is 19.4 Å². The van der Waals surface area contributed by atoms with Crippen LogP contribution < -0.4 is 5.32 Å². The number of hydrogen-bond acceptors (Lipinski definition) is 12. The van der Waals surface area contributed by atoms with Crippen LogP contribution >= 0.6 is 11.8 Å². The van der Waals surface area contributed by atoms with Gasteiger partial charge in [0.1, 0.15) is 5.04 Å². The van der Waals surface area contributed by atoms with Gasteiger partial charge in [-0.2, -0.15) is 0 Å². The zero-order valence-electron chi connectivity index (χ0n) is 22.2. The van der Waals surface area contributed by atoms with Gasteiger partial charge in [0.05, 0.1) is 32.0 Å². The molecule has 208 valence electrons. The third kappa shape index (κ3) is 6.78. The Morgan fingerprint density at radius 3 is 2.11 bits per heavy atom. The number of nitrogens with one attached hydrogen (secondary N) is 1. The van der Waals surface area contributed by atoms with E-state index in [2.05, 4.69) is 10.3 Å². The van der Waals surface area contributed by atoms with Crippen molar-refractivity contribution in [2.24, 2.45) is 4.99 Å². The van der Waals surface area contributed by atoms with Gasteiger partial charge in [-0.1, -0.05) is 12.1 Å². The van der Waals surface area contributed by atoms with Crippen LogP contribution in [0.15, 0.2) is 40.5 Å². The summed E-state index contributed by atoms with van der Waals surface area (Å²) in [6.07, 6.45) is -0.890. The predicted octanol–water partition coefficient (Wildman–Crippen LogP) is 2.08. The summed E-state index contributed by atoms with van der Waals surface area (Å²) in [6, 6.07) is 5.87. The minimum absolute atomic E-state index is 0.0359. The van der Waals surface area contributed by atoms with Gasteiger partial charge in [0.15, 0.2) is 12.0 Å². The monoisotopic (exact) mass is 552 g/mol. The van der Waals surface area contributed by atoms with Gasteiger partial charge >= 0.3 is 17.9 Å². The van der Waals surface area contributed by atoms with Gasteiger partial charge in [0, 0.05) is 31.6 Å². The highest BCUT2D eigenvalue weighted by atomic mass is 32.2. The van der Waals surface area contributed by atoms with Crippen LogP contribution in [0.4, 0.5) is 0 Å². The number of rotatable bonds is 13. The molecular formula is C25H32N2O10S. The molecule has 1 aliphatic rings. The number of thioether (sulfide) groups is 1. The molecule has 0 spiro atoms. The minimum Gasteiger partial charge on any atom is -0.465 e. The molecule has 1 amide bonds. The lowest BCUT2D eigenvalue weighted by molar-refractivity contribution is -0.159. The first kappa shape index (κ1) is 31.0. The summed E-state index contributed by atoms with van der Waals surface area (Å²) >= 11 is 1.01. The smallest absolute Gasteiger partial charge is 0.366 e. The average molecular weight is 553 g/mol. The van der Waals surface area contributed by atoms with Gasteiger partial charge in [0.25, 0.3) is 11.6 Å². The standard InChI is InChI=1S/C25H32N2O10S/c1-7-35-21(30)18-17(22(36-8-2)37-9-3)14-38-23(26-18)25(34-6,24(31)33-5)27-19(28)15-12-10-11-13-16(15)20(29)32-4/h10-13,22H,7-9,14H2,1-6H3,(H,27,28). The maximum atomic E-state index is 13.4. The molecule has 1 aromatic carbocycles. The highest BCUT2D eigenvalue weighted by Gasteiger charge is 2.50. The highest BCUT2D eigenvalue weighted by molar-refractivity contribution is 8.14. The van der Waals surface area contributed by atoms with Crippen molar-refractivity contribution in [3.8, 4) is 0 Å². The third-order valence-corrected chi connectivity index (χ3v) is 6.33. The Labute approximate surface area is 225 Å². The van der Waals surface area contributed by atoms with E-state index in [9.17, 15) is 19.2 Å². The fourth-order valence-corrected chi connectivity index (χ4v) is 4.60. The predicted molar refractivity (Wildman–Crippen MR) is 138 cm³/mol. The average Bonchev–Trinajstić information content (AvgIpc) is 2.94. The minimum atomic E-state index is -2.27. The molecule has 0 saturated heterocycles. The number of carbonyl (C=O) groups excluding carboxylic acids is 4. The van der Waals surface area contributed by atoms with Crippen LogP contribution in [-0.4, -0.2) is 87.8 Å². The Kier molecular flexibility index (Phi) is 11.9. The van der Waals surface area contributed by atoms with Crippen molar-refractivity contribution in [2.75, 3.05) is 46.9 Å². The molecule has 13 heteroatoms. The highest BCUT2D eigenvalue weighted by Crippen LogP contribution is 2.33. The van der Waals surface area contributed by atoms with Gasteiger partial charge < -0.3 is 33.7 Å². The second-order valence-electron chi connectivity index (χ2n) is 7.41. The SMILES string of the molecule is CCOC(=O)C1=C(C(OCC)OCC)CSC(C(NC(=O)c2ccccc2C(=O)OC)(OC)C(=O)OC)=N1. The zero-order chi connectivity index (χ0) is 28.3. The van der Waals surface area contributed by atoms with Crippen molar-refractivity contribution < 1.29 is 47.6 Å². The molecular weight excluding hydrogens is 520 g/mol. The second kappa shape index (κ2) is 14.6. The number of amides is 1. The molecule has 1 aromatic rings. The fraction of sp³-hybridized carbons (Fsp3) is 0.480. The summed E-state index contributed by atoms with van der Waals surface area (Å²) in [6.45, 7) is 5.84. The van der Waals surface area contributed by atoms with Crippen molar-refractivity contribution in [3.05, 3.63) is 46.7 Å². The molecule has 12 nitrogen and oxygen atoms in total. The number of benzene rings is 1. The summed E-state index contributed by atoms with van der Waals surface area (Å²) in [5, 5.41) is 2.39. The molecule has 0 fully saturated rings. The summed E-state index contributed by atoms with van der Waals surface area (Å²) in [4.78, 5) is 56.0. The van der Waals surface area contributed by atoms with Crippen LogP contribution in [0.3, 0.4) is 0 Å². The van der Waals surface area contributed by atoms with E-state index in [1.54, 1.807) is 26.8 Å². The number of ether oxygens (including phenoxy) is 6. The first-order valence-electron chi connectivity index (χ1n) is 11.7. The van der Waals surface area contributed by atoms with Crippen molar-refractivity contribution in [1.29, 1.82) is 0 Å². The van der Waals surface area contributed by atoms with E-state index in [4.69, 9.17) is 28.4 Å². The molecule has 1 heterocycles. The van der Waals surface area contributed by atoms with Crippen LogP contribution in [0.2, 0.25) is 0 Å². The lowest BCUT2D eigenvalue weighted by atomic mass is 10.1. The Balaban J connectivity index is 2.67. The molecule has 0 saturated carbocycles. The lowest BCUT2D eigenvalue weighted by Gasteiger charge is -2.34. The van der Waals surface area contributed by atoms with E-state index in [0.717, 1.165) is 18.9 Å². The summed E-state index contributed by atoms with van der Waals surface area (Å²) < 4.78 is 31.7.